The molecule has 0 aliphatic carbocycles. The molecule has 5 rings (SSSR count). The molecule has 1 aliphatic heterocycles. The quantitative estimate of drug-likeness (QED) is 0.470. The molecule has 0 aromatic carbocycles. The molecular formula is C21H19ClN8O2. The maximum absolute atomic E-state index is 13.5. The minimum absolute atomic E-state index is 0.0639. The molecule has 32 heavy (non-hydrogen) atoms. The first-order chi connectivity index (χ1) is 15.3. The molecule has 4 aromatic rings. The van der Waals surface area contributed by atoms with Crippen LogP contribution < -0.4 is 16.2 Å². The molecule has 0 bridgehead atoms. The smallest absolute Gasteiger partial charge is 0.285 e. The normalized spacial score (nSPS) is 15.7. The van der Waals surface area contributed by atoms with Crippen molar-refractivity contribution in [2.45, 2.75) is 26.3 Å². The third-order valence-corrected chi connectivity index (χ3v) is 5.83. The Hall–Kier alpha value is -3.79. The van der Waals surface area contributed by atoms with E-state index in [0.717, 1.165) is 5.69 Å². The van der Waals surface area contributed by atoms with Crippen molar-refractivity contribution in [3.05, 3.63) is 69.1 Å². The topological polar surface area (TPSA) is 124 Å². The molecule has 0 amide bonds. The Morgan fingerprint density at radius 1 is 1.25 bits per heavy atom. The van der Waals surface area contributed by atoms with Crippen LogP contribution >= 0.6 is 11.6 Å². The third kappa shape index (κ3) is 3.11. The van der Waals surface area contributed by atoms with Gasteiger partial charge >= 0.3 is 0 Å². The molecule has 1 atom stereocenters. The van der Waals surface area contributed by atoms with Crippen molar-refractivity contribution in [1.82, 2.24) is 29.1 Å². The zero-order chi connectivity index (χ0) is 22.6. The number of rotatable bonds is 4. The van der Waals surface area contributed by atoms with E-state index in [9.17, 15) is 9.59 Å². The van der Waals surface area contributed by atoms with E-state index in [0.29, 0.717) is 41.0 Å². The molecule has 11 heteroatoms. The van der Waals surface area contributed by atoms with Gasteiger partial charge in [0.25, 0.3) is 5.56 Å². The molecule has 162 valence electrons. The molecule has 1 fully saturated rings. The maximum Gasteiger partial charge on any atom is 0.285 e. The number of ketones is 1. The fraction of sp³-hybridized carbons (Fsp3) is 0.238. The monoisotopic (exact) mass is 450 g/mol. The average molecular weight is 451 g/mol. The largest absolute Gasteiger partial charge is 0.368 e. The number of aryl methyl sites for hydroxylation is 1. The Morgan fingerprint density at radius 2 is 2.06 bits per heavy atom. The molecule has 4 aromatic heterocycles. The number of hydrogen-bond acceptors (Lipinski definition) is 8. The van der Waals surface area contributed by atoms with Gasteiger partial charge in [-0.1, -0.05) is 17.7 Å². The molecule has 0 radical (unpaired) electrons. The molecule has 1 unspecified atom stereocenters. The molecular weight excluding hydrogens is 432 g/mol. The Kier molecular flexibility index (Phi) is 4.66. The number of nitrogens with two attached hydrogens (primary N) is 1. The van der Waals surface area contributed by atoms with Crippen molar-refractivity contribution in [2.24, 2.45) is 0 Å². The van der Waals surface area contributed by atoms with E-state index in [1.54, 1.807) is 18.3 Å². The summed E-state index contributed by atoms with van der Waals surface area (Å²) in [5.41, 5.74) is 6.86. The number of aromatic nitrogens is 6. The molecule has 0 saturated carbocycles. The van der Waals surface area contributed by atoms with Gasteiger partial charge in [-0.3, -0.25) is 9.59 Å². The lowest BCUT2D eigenvalue weighted by molar-refractivity contribution is 0.101. The number of Topliss-reactive ketones (excluding diaryl/α,β-unsaturated/α-hetero) is 1. The minimum atomic E-state index is -0.331. The fourth-order valence-corrected chi connectivity index (χ4v) is 4.12. The first kappa shape index (κ1) is 20.1. The second-order valence-corrected chi connectivity index (χ2v) is 8.02. The van der Waals surface area contributed by atoms with Gasteiger partial charge in [0.1, 0.15) is 17.2 Å². The predicted octanol–water partition coefficient (Wildman–Crippen LogP) is 2.37. The third-order valence-electron chi connectivity index (χ3n) is 5.52. The van der Waals surface area contributed by atoms with Crippen molar-refractivity contribution in [2.75, 3.05) is 17.2 Å². The first-order valence-electron chi connectivity index (χ1n) is 9.99. The van der Waals surface area contributed by atoms with Gasteiger partial charge in [-0.05, 0) is 38.5 Å². The number of pyridine rings is 1. The molecule has 1 saturated heterocycles. The number of carbonyl (C=O) groups is 1. The van der Waals surface area contributed by atoms with E-state index in [-0.39, 0.29) is 28.8 Å². The number of carbonyl (C=O) groups excluding carboxylic acids is 1. The van der Waals surface area contributed by atoms with E-state index in [2.05, 4.69) is 15.0 Å². The first-order valence-corrected chi connectivity index (χ1v) is 10.4. The summed E-state index contributed by atoms with van der Waals surface area (Å²) in [5, 5.41) is 5.02. The zero-order valence-electron chi connectivity index (χ0n) is 17.4. The Labute approximate surface area is 187 Å². The summed E-state index contributed by atoms with van der Waals surface area (Å²) in [4.78, 5) is 40.4. The number of nitrogens with zero attached hydrogens (tertiary/aromatic N) is 7. The van der Waals surface area contributed by atoms with Crippen LogP contribution in [0, 0.1) is 6.92 Å². The Morgan fingerprint density at radius 3 is 2.75 bits per heavy atom. The number of nitrogen functional groups attached to an aromatic ring is 1. The summed E-state index contributed by atoms with van der Waals surface area (Å²) in [5.74, 6) is 1.21. The maximum atomic E-state index is 13.5. The van der Waals surface area contributed by atoms with Crippen molar-refractivity contribution in [3.8, 4) is 5.82 Å². The number of halogens is 1. The van der Waals surface area contributed by atoms with Crippen molar-refractivity contribution >= 4 is 34.7 Å². The van der Waals surface area contributed by atoms with Crippen LogP contribution in [0.3, 0.4) is 0 Å². The number of anilines is 2. The van der Waals surface area contributed by atoms with Gasteiger partial charge in [0, 0.05) is 24.6 Å². The van der Waals surface area contributed by atoms with Gasteiger partial charge in [0.2, 0.25) is 5.95 Å². The standard InChI is InChI=1S/C21H19ClN8O2/c1-11-4-3-5-16(25-11)30-19(27-29-9-6-14(22)17(29)20(30)32)15-7-8-28(15)18-13(12(2)31)10-24-21(23)26-18/h3-6,9-10,15H,7-8H2,1-2H3,(H2,23,24,26). The van der Waals surface area contributed by atoms with Crippen LogP contribution in [0.15, 0.2) is 41.5 Å². The van der Waals surface area contributed by atoms with Crippen molar-refractivity contribution in [1.29, 1.82) is 0 Å². The SMILES string of the molecule is CC(=O)c1cnc(N)nc1N1CCC1c1nn2ccc(Cl)c2c(=O)n1-c1cccc(C)n1. The average Bonchev–Trinajstić information content (AvgIpc) is 3.08. The Balaban J connectivity index is 1.73. The zero-order valence-corrected chi connectivity index (χ0v) is 18.1. The molecule has 2 N–H and O–H groups in total. The van der Waals surface area contributed by atoms with Gasteiger partial charge < -0.3 is 10.6 Å². The Bertz CT molecular complexity index is 1440. The second-order valence-electron chi connectivity index (χ2n) is 7.61. The molecule has 1 aliphatic rings. The molecule has 10 nitrogen and oxygen atoms in total. The summed E-state index contributed by atoms with van der Waals surface area (Å²) >= 11 is 6.27. The minimum Gasteiger partial charge on any atom is -0.368 e. The van der Waals surface area contributed by atoms with Crippen LogP contribution in [0.25, 0.3) is 11.3 Å². The van der Waals surface area contributed by atoms with E-state index in [1.807, 2.05) is 24.0 Å². The number of hydrogen-bond donors (Lipinski definition) is 1. The highest BCUT2D eigenvalue weighted by atomic mass is 35.5. The van der Waals surface area contributed by atoms with Crippen LogP contribution in [-0.2, 0) is 0 Å². The summed E-state index contributed by atoms with van der Waals surface area (Å²) in [6, 6.07) is 6.72. The van der Waals surface area contributed by atoms with Crippen molar-refractivity contribution in [3.63, 3.8) is 0 Å². The van der Waals surface area contributed by atoms with E-state index < -0.39 is 0 Å². The molecule has 0 spiro atoms. The fourth-order valence-electron chi connectivity index (χ4n) is 3.90. The highest BCUT2D eigenvalue weighted by Crippen LogP contribution is 2.38. The second kappa shape index (κ2) is 7.41. The van der Waals surface area contributed by atoms with Crippen molar-refractivity contribution < 1.29 is 4.79 Å². The lowest BCUT2D eigenvalue weighted by atomic mass is 10.0. The summed E-state index contributed by atoms with van der Waals surface area (Å²) in [6.45, 7) is 3.91. The summed E-state index contributed by atoms with van der Waals surface area (Å²) < 4.78 is 2.95. The van der Waals surface area contributed by atoms with Gasteiger partial charge in [0.15, 0.2) is 11.6 Å². The lowest BCUT2D eigenvalue weighted by Gasteiger charge is -2.42. The van der Waals surface area contributed by atoms with Gasteiger partial charge in [-0.15, -0.1) is 0 Å². The van der Waals surface area contributed by atoms with Crippen LogP contribution in [0.1, 0.15) is 41.3 Å². The lowest BCUT2D eigenvalue weighted by Crippen LogP contribution is -2.46. The summed E-state index contributed by atoms with van der Waals surface area (Å²) in [6.07, 6.45) is 3.76. The van der Waals surface area contributed by atoms with E-state index in [1.165, 1.54) is 22.2 Å². The van der Waals surface area contributed by atoms with Crippen LogP contribution in [0.2, 0.25) is 5.02 Å². The van der Waals surface area contributed by atoms with E-state index >= 15 is 0 Å². The summed E-state index contributed by atoms with van der Waals surface area (Å²) in [7, 11) is 0. The van der Waals surface area contributed by atoms with Crippen LogP contribution in [0.4, 0.5) is 11.8 Å². The highest BCUT2D eigenvalue weighted by molar-refractivity contribution is 6.33. The highest BCUT2D eigenvalue weighted by Gasteiger charge is 2.37. The molecule has 5 heterocycles. The van der Waals surface area contributed by atoms with E-state index in [4.69, 9.17) is 22.4 Å². The van der Waals surface area contributed by atoms with Gasteiger partial charge in [0.05, 0.1) is 16.6 Å². The predicted molar refractivity (Wildman–Crippen MR) is 119 cm³/mol. The van der Waals surface area contributed by atoms with Crippen LogP contribution in [0.5, 0.6) is 0 Å². The van der Waals surface area contributed by atoms with Crippen LogP contribution in [-0.4, -0.2) is 41.5 Å². The van der Waals surface area contributed by atoms with Gasteiger partial charge in [-0.2, -0.15) is 10.1 Å². The van der Waals surface area contributed by atoms with Gasteiger partial charge in [-0.25, -0.2) is 19.1 Å². The number of fused-ring (bicyclic) bond motifs is 1.